The lowest BCUT2D eigenvalue weighted by Gasteiger charge is -2.12. The van der Waals surface area contributed by atoms with Gasteiger partial charge in [0.2, 0.25) is 0 Å². The van der Waals surface area contributed by atoms with Crippen LogP contribution in [0.5, 0.6) is 5.75 Å². The normalized spacial score (nSPS) is 13.0. The molecule has 1 N–H and O–H groups in total. The maximum atomic E-state index is 12.5. The number of thiophene rings is 1. The molecule has 0 unspecified atom stereocenters. The van der Waals surface area contributed by atoms with Crippen LogP contribution in [0.2, 0.25) is 0 Å². The number of ether oxygens (including phenoxy) is 2. The summed E-state index contributed by atoms with van der Waals surface area (Å²) < 4.78 is 10.9. The zero-order valence-electron chi connectivity index (χ0n) is 16.3. The average Bonchev–Trinajstić information content (AvgIpc) is 3.10. The maximum absolute atomic E-state index is 12.5. The molecule has 4 rings (SSSR count). The largest absolute Gasteiger partial charge is 0.484 e. The number of benzene rings is 2. The summed E-state index contributed by atoms with van der Waals surface area (Å²) in [5.74, 6) is -0.0186. The van der Waals surface area contributed by atoms with E-state index in [1.807, 2.05) is 42.5 Å². The minimum atomic E-state index is -0.363. The molecule has 1 amide bonds. The second-order valence-corrected chi connectivity index (χ2v) is 8.09. The zero-order chi connectivity index (χ0) is 20.2. The Morgan fingerprint density at radius 1 is 1.07 bits per heavy atom. The minimum absolute atomic E-state index is 0.122. The van der Waals surface area contributed by atoms with Crippen molar-refractivity contribution in [2.75, 3.05) is 18.5 Å². The Balaban J connectivity index is 1.47. The molecule has 1 aliphatic rings. The SMILES string of the molecule is CCOC(=O)c1c(NC(=O)COc2ccc3ccccc3c2)sc2c1CCCC2. The Hall–Kier alpha value is -2.86. The highest BCUT2D eigenvalue weighted by Crippen LogP contribution is 2.38. The highest BCUT2D eigenvalue weighted by Gasteiger charge is 2.27. The first-order chi connectivity index (χ1) is 14.2. The smallest absolute Gasteiger partial charge is 0.341 e. The van der Waals surface area contributed by atoms with Crippen molar-refractivity contribution >= 4 is 39.0 Å². The van der Waals surface area contributed by atoms with E-state index in [1.165, 1.54) is 16.2 Å². The van der Waals surface area contributed by atoms with Gasteiger partial charge in [-0.2, -0.15) is 0 Å². The van der Waals surface area contributed by atoms with Crippen molar-refractivity contribution in [3.05, 3.63) is 58.5 Å². The number of carbonyl (C=O) groups excluding carboxylic acids is 2. The summed E-state index contributed by atoms with van der Waals surface area (Å²) in [5.41, 5.74) is 1.55. The molecule has 1 aromatic heterocycles. The molecule has 5 nitrogen and oxygen atoms in total. The van der Waals surface area contributed by atoms with E-state index in [0.29, 0.717) is 22.9 Å². The van der Waals surface area contributed by atoms with E-state index in [-0.39, 0.29) is 18.5 Å². The van der Waals surface area contributed by atoms with Crippen LogP contribution in [-0.2, 0) is 22.4 Å². The van der Waals surface area contributed by atoms with Gasteiger partial charge in [-0.15, -0.1) is 11.3 Å². The quantitative estimate of drug-likeness (QED) is 0.584. The van der Waals surface area contributed by atoms with Crippen molar-refractivity contribution in [1.82, 2.24) is 0 Å². The van der Waals surface area contributed by atoms with E-state index in [2.05, 4.69) is 5.32 Å². The van der Waals surface area contributed by atoms with Crippen molar-refractivity contribution in [1.29, 1.82) is 0 Å². The Morgan fingerprint density at radius 3 is 2.69 bits per heavy atom. The lowest BCUT2D eigenvalue weighted by Crippen LogP contribution is -2.21. The fraction of sp³-hybridized carbons (Fsp3) is 0.304. The molecule has 0 saturated carbocycles. The molecule has 0 spiro atoms. The first kappa shape index (κ1) is 19.5. The van der Waals surface area contributed by atoms with Gasteiger partial charge in [0.15, 0.2) is 6.61 Å². The highest BCUT2D eigenvalue weighted by atomic mass is 32.1. The first-order valence-corrected chi connectivity index (χ1v) is 10.7. The highest BCUT2D eigenvalue weighted by molar-refractivity contribution is 7.17. The molecular weight excluding hydrogens is 386 g/mol. The lowest BCUT2D eigenvalue weighted by atomic mass is 9.95. The topological polar surface area (TPSA) is 64.6 Å². The van der Waals surface area contributed by atoms with E-state index in [0.717, 1.165) is 42.0 Å². The summed E-state index contributed by atoms with van der Waals surface area (Å²) in [6.45, 7) is 1.97. The van der Waals surface area contributed by atoms with Crippen LogP contribution in [0, 0.1) is 0 Å². The van der Waals surface area contributed by atoms with Crippen LogP contribution in [-0.4, -0.2) is 25.1 Å². The van der Waals surface area contributed by atoms with E-state index >= 15 is 0 Å². The minimum Gasteiger partial charge on any atom is -0.484 e. The molecule has 29 heavy (non-hydrogen) atoms. The first-order valence-electron chi connectivity index (χ1n) is 9.89. The number of hydrogen-bond acceptors (Lipinski definition) is 5. The predicted octanol–water partition coefficient (Wildman–Crippen LogP) is 4.97. The molecule has 1 aliphatic carbocycles. The van der Waals surface area contributed by atoms with Gasteiger partial charge in [0.25, 0.3) is 5.91 Å². The van der Waals surface area contributed by atoms with Crippen molar-refractivity contribution in [3.63, 3.8) is 0 Å². The van der Waals surface area contributed by atoms with Crippen molar-refractivity contribution in [2.45, 2.75) is 32.6 Å². The number of hydrogen-bond donors (Lipinski definition) is 1. The number of nitrogens with one attached hydrogen (secondary N) is 1. The molecular formula is C23H23NO4S. The van der Waals surface area contributed by atoms with Crippen LogP contribution in [0.3, 0.4) is 0 Å². The van der Waals surface area contributed by atoms with Crippen molar-refractivity contribution < 1.29 is 19.1 Å². The van der Waals surface area contributed by atoms with Gasteiger partial charge in [-0.3, -0.25) is 4.79 Å². The van der Waals surface area contributed by atoms with Gasteiger partial charge < -0.3 is 14.8 Å². The van der Waals surface area contributed by atoms with Crippen molar-refractivity contribution in [3.8, 4) is 5.75 Å². The van der Waals surface area contributed by atoms with Gasteiger partial charge in [-0.1, -0.05) is 30.3 Å². The number of amides is 1. The van der Waals surface area contributed by atoms with Crippen LogP contribution < -0.4 is 10.1 Å². The fourth-order valence-electron chi connectivity index (χ4n) is 3.64. The van der Waals surface area contributed by atoms with Crippen molar-refractivity contribution in [2.24, 2.45) is 0 Å². The van der Waals surface area contributed by atoms with Crippen LogP contribution >= 0.6 is 11.3 Å². The van der Waals surface area contributed by atoms with Crippen LogP contribution in [0.1, 0.15) is 40.6 Å². The number of anilines is 1. The second kappa shape index (κ2) is 8.66. The third kappa shape index (κ3) is 4.27. The standard InChI is InChI=1S/C23H23NO4S/c1-2-27-23(26)21-18-9-5-6-10-19(18)29-22(21)24-20(25)14-28-17-12-11-15-7-3-4-8-16(15)13-17/h3-4,7-8,11-13H,2,5-6,9-10,14H2,1H3,(H,24,25). The van der Waals surface area contributed by atoms with Crippen LogP contribution in [0.4, 0.5) is 5.00 Å². The number of esters is 1. The summed E-state index contributed by atoms with van der Waals surface area (Å²) in [4.78, 5) is 26.2. The van der Waals surface area contributed by atoms with Gasteiger partial charge in [0.05, 0.1) is 12.2 Å². The molecule has 2 aromatic carbocycles. The third-order valence-electron chi connectivity index (χ3n) is 4.99. The zero-order valence-corrected chi connectivity index (χ0v) is 17.1. The number of fused-ring (bicyclic) bond motifs is 2. The molecule has 1 heterocycles. The molecule has 0 atom stereocenters. The molecule has 150 valence electrons. The van der Waals surface area contributed by atoms with Crippen LogP contribution in [0.25, 0.3) is 10.8 Å². The van der Waals surface area contributed by atoms with E-state index in [9.17, 15) is 9.59 Å². The monoisotopic (exact) mass is 409 g/mol. The van der Waals surface area contributed by atoms with Gasteiger partial charge in [-0.05, 0) is 61.1 Å². The third-order valence-corrected chi connectivity index (χ3v) is 6.20. The lowest BCUT2D eigenvalue weighted by molar-refractivity contribution is -0.118. The fourth-order valence-corrected chi connectivity index (χ4v) is 4.94. The molecule has 0 fully saturated rings. The Labute approximate surface area is 173 Å². The predicted molar refractivity (Wildman–Crippen MR) is 115 cm³/mol. The van der Waals surface area contributed by atoms with E-state index in [4.69, 9.17) is 9.47 Å². The average molecular weight is 410 g/mol. The molecule has 3 aromatic rings. The Bertz CT molecular complexity index is 1060. The van der Waals surface area contributed by atoms with Gasteiger partial charge in [0.1, 0.15) is 10.8 Å². The Kier molecular flexibility index (Phi) is 5.81. The van der Waals surface area contributed by atoms with Crippen LogP contribution in [0.15, 0.2) is 42.5 Å². The number of rotatable bonds is 6. The number of aryl methyl sites for hydroxylation is 1. The summed E-state index contributed by atoms with van der Waals surface area (Å²) in [5, 5.41) is 5.61. The number of carbonyl (C=O) groups is 2. The van der Waals surface area contributed by atoms with E-state index in [1.54, 1.807) is 6.92 Å². The maximum Gasteiger partial charge on any atom is 0.341 e. The van der Waals surface area contributed by atoms with E-state index < -0.39 is 0 Å². The molecule has 0 radical (unpaired) electrons. The summed E-state index contributed by atoms with van der Waals surface area (Å²) >= 11 is 1.48. The van der Waals surface area contributed by atoms with Gasteiger partial charge in [0, 0.05) is 4.88 Å². The molecule has 0 saturated heterocycles. The van der Waals surface area contributed by atoms with Gasteiger partial charge >= 0.3 is 5.97 Å². The Morgan fingerprint density at radius 2 is 1.86 bits per heavy atom. The summed E-state index contributed by atoms with van der Waals surface area (Å²) in [6, 6.07) is 13.7. The summed E-state index contributed by atoms with van der Waals surface area (Å²) in [6.07, 6.45) is 3.95. The summed E-state index contributed by atoms with van der Waals surface area (Å²) in [7, 11) is 0. The molecule has 6 heteroatoms. The molecule has 0 aliphatic heterocycles. The second-order valence-electron chi connectivity index (χ2n) is 6.98. The van der Waals surface area contributed by atoms with Gasteiger partial charge in [-0.25, -0.2) is 4.79 Å². The molecule has 0 bridgehead atoms.